The number of hydrogen-bond donors (Lipinski definition) is 2. The molecular weight excluding hydrogens is 330 g/mol. The standard InChI is InChI=1S/C16H16BrN3O/c1-9-6-14-15(10(2)16(9)17)12(7-11(8-21)20-14)13(19-3)4-5-18/h4-8,18-19H,1-3H3/b13-4-,18-5?. The van der Waals surface area contributed by atoms with Crippen LogP contribution in [0.15, 0.2) is 22.7 Å². The van der Waals surface area contributed by atoms with E-state index >= 15 is 0 Å². The van der Waals surface area contributed by atoms with E-state index in [9.17, 15) is 4.79 Å². The van der Waals surface area contributed by atoms with Gasteiger partial charge in [-0.05, 0) is 43.2 Å². The minimum Gasteiger partial charge on any atom is -0.388 e. The number of fused-ring (bicyclic) bond motifs is 1. The summed E-state index contributed by atoms with van der Waals surface area (Å²) in [6, 6.07) is 3.70. The van der Waals surface area contributed by atoms with Crippen molar-refractivity contribution in [2.75, 3.05) is 7.05 Å². The first-order chi connectivity index (χ1) is 10.0. The van der Waals surface area contributed by atoms with E-state index in [0.29, 0.717) is 5.69 Å². The third-order valence-electron chi connectivity index (χ3n) is 3.40. The second-order valence-electron chi connectivity index (χ2n) is 4.74. The molecule has 0 aliphatic carbocycles. The minimum absolute atomic E-state index is 0.379. The summed E-state index contributed by atoms with van der Waals surface area (Å²) in [5.74, 6) is 0. The molecule has 0 spiro atoms. The third kappa shape index (κ3) is 2.74. The van der Waals surface area contributed by atoms with Gasteiger partial charge in [0, 0.05) is 34.4 Å². The predicted molar refractivity (Wildman–Crippen MR) is 90.1 cm³/mol. The molecule has 0 amide bonds. The van der Waals surface area contributed by atoms with Crippen molar-refractivity contribution < 1.29 is 4.79 Å². The van der Waals surface area contributed by atoms with E-state index in [-0.39, 0.29) is 0 Å². The summed E-state index contributed by atoms with van der Waals surface area (Å²) in [6.07, 6.45) is 3.63. The lowest BCUT2D eigenvalue weighted by Gasteiger charge is -2.15. The van der Waals surface area contributed by atoms with Crippen LogP contribution >= 0.6 is 15.9 Å². The maximum absolute atomic E-state index is 11.2. The first-order valence-corrected chi connectivity index (χ1v) is 7.27. The zero-order valence-corrected chi connectivity index (χ0v) is 13.7. The fourth-order valence-electron chi connectivity index (χ4n) is 2.42. The lowest BCUT2D eigenvalue weighted by atomic mass is 9.98. The number of rotatable bonds is 4. The van der Waals surface area contributed by atoms with Crippen LogP contribution in [0.25, 0.3) is 16.6 Å². The molecule has 4 nitrogen and oxygen atoms in total. The van der Waals surface area contributed by atoms with Gasteiger partial charge in [-0.3, -0.25) is 4.79 Å². The number of allylic oxidation sites excluding steroid dienone is 1. The van der Waals surface area contributed by atoms with Crippen LogP contribution < -0.4 is 5.32 Å². The van der Waals surface area contributed by atoms with E-state index in [2.05, 4.69) is 26.2 Å². The highest BCUT2D eigenvalue weighted by molar-refractivity contribution is 9.10. The third-order valence-corrected chi connectivity index (χ3v) is 4.62. The van der Waals surface area contributed by atoms with Gasteiger partial charge in [0.05, 0.1) is 5.52 Å². The largest absolute Gasteiger partial charge is 0.388 e. The molecule has 108 valence electrons. The van der Waals surface area contributed by atoms with Crippen LogP contribution in [0.5, 0.6) is 0 Å². The number of nitrogens with one attached hydrogen (secondary N) is 2. The van der Waals surface area contributed by atoms with Crippen molar-refractivity contribution >= 4 is 45.0 Å². The number of halogens is 1. The summed E-state index contributed by atoms with van der Waals surface area (Å²) in [7, 11) is 1.79. The van der Waals surface area contributed by atoms with Crippen molar-refractivity contribution in [2.24, 2.45) is 0 Å². The SMILES string of the molecule is CN/C(=C\C=N)c1cc(C=O)nc2cc(C)c(Br)c(C)c12. The first-order valence-electron chi connectivity index (χ1n) is 6.48. The van der Waals surface area contributed by atoms with Gasteiger partial charge >= 0.3 is 0 Å². The van der Waals surface area contributed by atoms with E-state index < -0.39 is 0 Å². The molecule has 0 radical (unpaired) electrons. The summed E-state index contributed by atoms with van der Waals surface area (Å²) in [4.78, 5) is 15.5. The Morgan fingerprint density at radius 2 is 2.10 bits per heavy atom. The Morgan fingerprint density at radius 1 is 1.38 bits per heavy atom. The lowest BCUT2D eigenvalue weighted by Crippen LogP contribution is -2.08. The van der Waals surface area contributed by atoms with E-state index in [0.717, 1.165) is 44.0 Å². The topological polar surface area (TPSA) is 65.8 Å². The van der Waals surface area contributed by atoms with E-state index in [1.165, 1.54) is 6.21 Å². The van der Waals surface area contributed by atoms with Crippen molar-refractivity contribution in [3.63, 3.8) is 0 Å². The molecule has 0 aliphatic rings. The maximum atomic E-state index is 11.2. The van der Waals surface area contributed by atoms with Gasteiger partial charge in [0.25, 0.3) is 0 Å². The molecule has 21 heavy (non-hydrogen) atoms. The lowest BCUT2D eigenvalue weighted by molar-refractivity contribution is 0.111. The molecule has 0 aliphatic heterocycles. The minimum atomic E-state index is 0.379. The molecule has 5 heteroatoms. The molecule has 0 atom stereocenters. The Kier molecular flexibility index (Phi) is 4.53. The van der Waals surface area contributed by atoms with Gasteiger partial charge < -0.3 is 10.7 Å². The smallest absolute Gasteiger partial charge is 0.168 e. The van der Waals surface area contributed by atoms with Crippen molar-refractivity contribution in [1.29, 1.82) is 5.41 Å². The fourth-order valence-corrected chi connectivity index (χ4v) is 2.73. The average Bonchev–Trinajstić information content (AvgIpc) is 2.49. The van der Waals surface area contributed by atoms with Gasteiger partial charge in [-0.25, -0.2) is 4.98 Å². The van der Waals surface area contributed by atoms with Crippen molar-refractivity contribution in [1.82, 2.24) is 10.3 Å². The van der Waals surface area contributed by atoms with Crippen LogP contribution in [-0.4, -0.2) is 24.5 Å². The summed E-state index contributed by atoms with van der Waals surface area (Å²) < 4.78 is 1.03. The van der Waals surface area contributed by atoms with Gasteiger partial charge in [0.2, 0.25) is 0 Å². The highest BCUT2D eigenvalue weighted by atomic mass is 79.9. The normalized spacial score (nSPS) is 11.5. The molecule has 1 aromatic carbocycles. The molecule has 0 fully saturated rings. The summed E-state index contributed by atoms with van der Waals surface area (Å²) in [5, 5.41) is 11.3. The Bertz CT molecular complexity index is 766. The van der Waals surface area contributed by atoms with Crippen molar-refractivity contribution in [2.45, 2.75) is 13.8 Å². The molecule has 1 aromatic heterocycles. The van der Waals surface area contributed by atoms with Crippen LogP contribution in [0.4, 0.5) is 0 Å². The highest BCUT2D eigenvalue weighted by Crippen LogP contribution is 2.33. The number of pyridine rings is 1. The summed E-state index contributed by atoms with van der Waals surface area (Å²) in [5.41, 5.74) is 4.94. The van der Waals surface area contributed by atoms with Crippen LogP contribution in [0, 0.1) is 19.3 Å². The summed E-state index contributed by atoms with van der Waals surface area (Å²) in [6.45, 7) is 4.01. The zero-order valence-electron chi connectivity index (χ0n) is 12.1. The number of nitrogens with zero attached hydrogens (tertiary/aromatic N) is 1. The molecule has 2 aromatic rings. The van der Waals surface area contributed by atoms with E-state index in [1.807, 2.05) is 19.9 Å². The first kappa shape index (κ1) is 15.4. The second kappa shape index (κ2) is 6.18. The highest BCUT2D eigenvalue weighted by Gasteiger charge is 2.14. The zero-order chi connectivity index (χ0) is 15.6. The molecule has 2 N–H and O–H groups in total. The number of benzene rings is 1. The Hall–Kier alpha value is -2.01. The Morgan fingerprint density at radius 3 is 2.67 bits per heavy atom. The number of aromatic nitrogens is 1. The van der Waals surface area contributed by atoms with Gasteiger partial charge in [-0.15, -0.1) is 0 Å². The molecule has 1 heterocycles. The summed E-state index contributed by atoms with van der Waals surface area (Å²) >= 11 is 3.60. The number of carbonyl (C=O) groups excluding carboxylic acids is 1. The number of carbonyl (C=O) groups is 1. The van der Waals surface area contributed by atoms with Crippen LogP contribution in [0.2, 0.25) is 0 Å². The predicted octanol–water partition coefficient (Wildman–Crippen LogP) is 3.64. The Balaban J connectivity index is 2.97. The van der Waals surface area contributed by atoms with Gasteiger partial charge in [0.15, 0.2) is 6.29 Å². The molecule has 0 unspecified atom stereocenters. The number of hydrogen-bond acceptors (Lipinski definition) is 4. The molecular formula is C16H16BrN3O. The van der Waals surface area contributed by atoms with Gasteiger partial charge in [0.1, 0.15) is 5.69 Å². The quantitative estimate of drug-likeness (QED) is 0.656. The average molecular weight is 346 g/mol. The molecule has 0 saturated heterocycles. The van der Waals surface area contributed by atoms with Crippen LogP contribution in [0.3, 0.4) is 0 Å². The Labute approximate surface area is 131 Å². The fraction of sp³-hybridized carbons (Fsp3) is 0.188. The second-order valence-corrected chi connectivity index (χ2v) is 5.53. The molecule has 2 rings (SSSR count). The van der Waals surface area contributed by atoms with E-state index in [4.69, 9.17) is 5.41 Å². The van der Waals surface area contributed by atoms with Crippen molar-refractivity contribution in [3.05, 3.63) is 45.1 Å². The monoisotopic (exact) mass is 345 g/mol. The molecule has 0 saturated carbocycles. The molecule has 0 bridgehead atoms. The van der Waals surface area contributed by atoms with Gasteiger partial charge in [-0.1, -0.05) is 15.9 Å². The number of aryl methyl sites for hydroxylation is 2. The van der Waals surface area contributed by atoms with E-state index in [1.54, 1.807) is 19.2 Å². The maximum Gasteiger partial charge on any atom is 0.168 e. The van der Waals surface area contributed by atoms with Crippen LogP contribution in [0.1, 0.15) is 27.2 Å². The van der Waals surface area contributed by atoms with Crippen LogP contribution in [-0.2, 0) is 0 Å². The number of aldehydes is 1. The van der Waals surface area contributed by atoms with Crippen molar-refractivity contribution in [3.8, 4) is 0 Å². The van der Waals surface area contributed by atoms with Gasteiger partial charge in [-0.2, -0.15) is 0 Å².